The molecule has 6 nitrogen and oxygen atoms in total. The fraction of sp³-hybridized carbons (Fsp3) is 0.467. The largest absolute Gasteiger partial charge is 0.484 e. The topological polar surface area (TPSA) is 79.5 Å². The van der Waals surface area contributed by atoms with Gasteiger partial charge in [0.1, 0.15) is 5.75 Å². The van der Waals surface area contributed by atoms with Crippen molar-refractivity contribution in [3.63, 3.8) is 0 Å². The number of halogens is 1. The van der Waals surface area contributed by atoms with E-state index in [1.165, 1.54) is 0 Å². The molecule has 0 fully saturated rings. The Morgan fingerprint density at radius 3 is 2.41 bits per heavy atom. The van der Waals surface area contributed by atoms with E-state index in [9.17, 15) is 9.59 Å². The normalized spacial score (nSPS) is 9.55. The van der Waals surface area contributed by atoms with E-state index in [-0.39, 0.29) is 30.8 Å². The molecule has 0 aliphatic carbocycles. The van der Waals surface area contributed by atoms with E-state index >= 15 is 0 Å². The van der Waals surface area contributed by atoms with Gasteiger partial charge >= 0.3 is 0 Å². The molecule has 1 aromatic rings. The molecule has 3 N–H and O–H groups in total. The summed E-state index contributed by atoms with van der Waals surface area (Å²) in [6, 6.07) is 6.96. The molecule has 124 valence electrons. The summed E-state index contributed by atoms with van der Waals surface area (Å²) >= 11 is 0. The lowest BCUT2D eigenvalue weighted by Gasteiger charge is -2.08. The molecule has 2 amide bonds. The Morgan fingerprint density at radius 2 is 1.82 bits per heavy atom. The molecule has 0 spiro atoms. The van der Waals surface area contributed by atoms with Gasteiger partial charge in [-0.1, -0.05) is 0 Å². The van der Waals surface area contributed by atoms with Crippen molar-refractivity contribution in [3.8, 4) is 5.75 Å². The number of ether oxygens (including phenoxy) is 1. The average molecular weight is 330 g/mol. The van der Waals surface area contributed by atoms with Gasteiger partial charge < -0.3 is 20.7 Å². The molecule has 0 atom stereocenters. The van der Waals surface area contributed by atoms with Crippen LogP contribution < -0.4 is 20.7 Å². The number of rotatable bonds is 9. The van der Waals surface area contributed by atoms with E-state index in [1.807, 2.05) is 14.0 Å². The maximum atomic E-state index is 11.6. The lowest BCUT2D eigenvalue weighted by atomic mass is 10.2. The molecule has 0 radical (unpaired) electrons. The fourth-order valence-electron chi connectivity index (χ4n) is 1.68. The molecule has 7 heteroatoms. The monoisotopic (exact) mass is 329 g/mol. The number of nitrogens with one attached hydrogen (secondary N) is 3. The number of carbonyl (C=O) groups is 2. The first kappa shape index (κ1) is 20.2. The standard InChI is InChI=1S/C15H23N3O3.ClH/c1-3-17-15(20)11-21-13-8-6-12(7-9-13)18-14(19)5-4-10-16-2;/h6-9,16H,3-5,10-11H2,1-2H3,(H,17,20)(H,18,19);1H. The highest BCUT2D eigenvalue weighted by atomic mass is 35.5. The van der Waals surface area contributed by atoms with Gasteiger partial charge in [0.25, 0.3) is 5.91 Å². The van der Waals surface area contributed by atoms with Crippen LogP contribution >= 0.6 is 12.4 Å². The molecule has 0 heterocycles. The minimum absolute atomic E-state index is 0. The van der Waals surface area contributed by atoms with Crippen molar-refractivity contribution < 1.29 is 14.3 Å². The molecule has 0 saturated heterocycles. The maximum absolute atomic E-state index is 11.6. The van der Waals surface area contributed by atoms with Crippen molar-refractivity contribution in [1.82, 2.24) is 10.6 Å². The van der Waals surface area contributed by atoms with Crippen molar-refractivity contribution in [1.29, 1.82) is 0 Å². The third kappa shape index (κ3) is 8.49. The van der Waals surface area contributed by atoms with Gasteiger partial charge in [-0.3, -0.25) is 9.59 Å². The molecular formula is C15H24ClN3O3. The second-order valence-corrected chi connectivity index (χ2v) is 4.52. The first-order chi connectivity index (χ1) is 10.2. The molecule has 1 rings (SSSR count). The molecule has 22 heavy (non-hydrogen) atoms. The van der Waals surface area contributed by atoms with Gasteiger partial charge in [0, 0.05) is 18.7 Å². The Labute approximate surface area is 137 Å². The summed E-state index contributed by atoms with van der Waals surface area (Å²) in [5.41, 5.74) is 0.717. The summed E-state index contributed by atoms with van der Waals surface area (Å²) in [5.74, 6) is 0.426. The van der Waals surface area contributed by atoms with Crippen LogP contribution in [0.25, 0.3) is 0 Å². The van der Waals surface area contributed by atoms with Gasteiger partial charge in [-0.15, -0.1) is 12.4 Å². The second kappa shape index (κ2) is 11.8. The van der Waals surface area contributed by atoms with E-state index < -0.39 is 0 Å². The molecule has 0 unspecified atom stereocenters. The summed E-state index contributed by atoms with van der Waals surface area (Å²) in [4.78, 5) is 22.9. The van der Waals surface area contributed by atoms with Gasteiger partial charge in [0.15, 0.2) is 6.61 Å². The van der Waals surface area contributed by atoms with Crippen LogP contribution in [-0.4, -0.2) is 38.6 Å². The van der Waals surface area contributed by atoms with Crippen LogP contribution in [-0.2, 0) is 9.59 Å². The average Bonchev–Trinajstić information content (AvgIpc) is 2.47. The molecule has 0 aromatic heterocycles. The second-order valence-electron chi connectivity index (χ2n) is 4.52. The Balaban J connectivity index is 0.00000441. The Kier molecular flexibility index (Phi) is 10.9. The molecular weight excluding hydrogens is 306 g/mol. The van der Waals surface area contributed by atoms with Gasteiger partial charge in [-0.2, -0.15) is 0 Å². The zero-order chi connectivity index (χ0) is 15.5. The number of amides is 2. The maximum Gasteiger partial charge on any atom is 0.257 e. The van der Waals surface area contributed by atoms with Crippen molar-refractivity contribution in [3.05, 3.63) is 24.3 Å². The van der Waals surface area contributed by atoms with Crippen molar-refractivity contribution >= 4 is 29.9 Å². The van der Waals surface area contributed by atoms with E-state index in [4.69, 9.17) is 4.74 Å². The SMILES string of the molecule is CCNC(=O)COc1ccc(NC(=O)CCCNC)cc1.Cl. The minimum Gasteiger partial charge on any atom is -0.484 e. The summed E-state index contributed by atoms with van der Waals surface area (Å²) in [7, 11) is 1.86. The predicted octanol–water partition coefficient (Wildman–Crippen LogP) is 1.56. The van der Waals surface area contributed by atoms with Crippen LogP contribution in [0.15, 0.2) is 24.3 Å². The van der Waals surface area contributed by atoms with Crippen LogP contribution in [0.1, 0.15) is 19.8 Å². The molecule has 0 saturated carbocycles. The quantitative estimate of drug-likeness (QED) is 0.601. The van der Waals surface area contributed by atoms with Crippen LogP contribution in [0.4, 0.5) is 5.69 Å². The first-order valence-corrected chi connectivity index (χ1v) is 7.09. The highest BCUT2D eigenvalue weighted by Crippen LogP contribution is 2.15. The number of carbonyl (C=O) groups excluding carboxylic acids is 2. The van der Waals surface area contributed by atoms with Gasteiger partial charge in [0.2, 0.25) is 5.91 Å². The molecule has 0 bridgehead atoms. The highest BCUT2D eigenvalue weighted by Gasteiger charge is 2.03. The number of hydrogen-bond acceptors (Lipinski definition) is 4. The van der Waals surface area contributed by atoms with Gasteiger partial charge in [0.05, 0.1) is 0 Å². The molecule has 1 aromatic carbocycles. The van der Waals surface area contributed by atoms with E-state index in [2.05, 4.69) is 16.0 Å². The van der Waals surface area contributed by atoms with Crippen molar-refractivity contribution in [2.75, 3.05) is 32.1 Å². The Hall–Kier alpha value is -1.79. The van der Waals surface area contributed by atoms with Crippen molar-refractivity contribution in [2.24, 2.45) is 0 Å². The summed E-state index contributed by atoms with van der Waals surface area (Å²) in [6.07, 6.45) is 1.28. The predicted molar refractivity (Wildman–Crippen MR) is 89.7 cm³/mol. The number of benzene rings is 1. The number of hydrogen-bond donors (Lipinski definition) is 3. The third-order valence-corrected chi connectivity index (χ3v) is 2.71. The van der Waals surface area contributed by atoms with Crippen LogP contribution in [0.5, 0.6) is 5.75 Å². The van der Waals surface area contributed by atoms with Crippen LogP contribution in [0.3, 0.4) is 0 Å². The highest BCUT2D eigenvalue weighted by molar-refractivity contribution is 5.90. The zero-order valence-electron chi connectivity index (χ0n) is 13.0. The van der Waals surface area contributed by atoms with Gasteiger partial charge in [-0.25, -0.2) is 0 Å². The molecule has 0 aliphatic heterocycles. The lowest BCUT2D eigenvalue weighted by Crippen LogP contribution is -2.28. The fourth-order valence-corrected chi connectivity index (χ4v) is 1.68. The van der Waals surface area contributed by atoms with Crippen LogP contribution in [0, 0.1) is 0 Å². The van der Waals surface area contributed by atoms with Crippen LogP contribution in [0.2, 0.25) is 0 Å². The van der Waals surface area contributed by atoms with E-state index in [0.717, 1.165) is 18.7 Å². The Bertz CT molecular complexity index is 452. The summed E-state index contributed by atoms with van der Waals surface area (Å²) in [5, 5.41) is 8.46. The van der Waals surface area contributed by atoms with Gasteiger partial charge in [-0.05, 0) is 51.2 Å². The summed E-state index contributed by atoms with van der Waals surface area (Å²) in [6.45, 7) is 3.25. The van der Waals surface area contributed by atoms with E-state index in [0.29, 0.717) is 18.7 Å². The summed E-state index contributed by atoms with van der Waals surface area (Å²) < 4.78 is 5.33. The third-order valence-electron chi connectivity index (χ3n) is 2.71. The lowest BCUT2D eigenvalue weighted by molar-refractivity contribution is -0.123. The molecule has 0 aliphatic rings. The zero-order valence-corrected chi connectivity index (χ0v) is 13.8. The minimum atomic E-state index is -0.153. The number of anilines is 1. The first-order valence-electron chi connectivity index (χ1n) is 7.09. The number of likely N-dealkylation sites (N-methyl/N-ethyl adjacent to an activating group) is 1. The van der Waals surface area contributed by atoms with Crippen molar-refractivity contribution in [2.45, 2.75) is 19.8 Å². The Morgan fingerprint density at radius 1 is 1.14 bits per heavy atom. The smallest absolute Gasteiger partial charge is 0.257 e. The van der Waals surface area contributed by atoms with E-state index in [1.54, 1.807) is 24.3 Å².